The van der Waals surface area contributed by atoms with E-state index in [2.05, 4.69) is 10.6 Å². The number of furan rings is 1. The van der Waals surface area contributed by atoms with Crippen molar-refractivity contribution in [3.05, 3.63) is 102 Å². The molecule has 0 fully saturated rings. The van der Waals surface area contributed by atoms with Gasteiger partial charge in [-0.15, -0.1) is 0 Å². The molecule has 0 radical (unpaired) electrons. The first-order chi connectivity index (χ1) is 16.2. The van der Waals surface area contributed by atoms with Crippen LogP contribution in [0.4, 0.5) is 5.69 Å². The van der Waals surface area contributed by atoms with Crippen molar-refractivity contribution in [2.24, 2.45) is 0 Å². The largest absolute Gasteiger partial charge is 0.454 e. The average Bonchev–Trinajstić information content (AvgIpc) is 3.45. The molecule has 0 saturated carbocycles. The van der Waals surface area contributed by atoms with E-state index in [0.29, 0.717) is 13.1 Å². The Hall–Kier alpha value is -4.16. The Morgan fingerprint density at radius 3 is 2.45 bits per heavy atom. The summed E-state index contributed by atoms with van der Waals surface area (Å²) in [6.45, 7) is 2.83. The molecule has 5 rings (SSSR count). The minimum Gasteiger partial charge on any atom is -0.454 e. The van der Waals surface area contributed by atoms with Crippen molar-refractivity contribution in [3.63, 3.8) is 0 Å². The highest BCUT2D eigenvalue weighted by molar-refractivity contribution is 5.88. The van der Waals surface area contributed by atoms with E-state index in [1.807, 2.05) is 95.8 Å². The minimum atomic E-state index is -0.0746. The van der Waals surface area contributed by atoms with Crippen LogP contribution in [-0.4, -0.2) is 15.7 Å². The summed E-state index contributed by atoms with van der Waals surface area (Å²) in [5.74, 6) is 0.678. The Bertz CT molecular complexity index is 1350. The van der Waals surface area contributed by atoms with Gasteiger partial charge in [0.25, 0.3) is 0 Å². The van der Waals surface area contributed by atoms with Crippen LogP contribution in [0.25, 0.3) is 28.1 Å². The van der Waals surface area contributed by atoms with Crippen molar-refractivity contribution < 1.29 is 9.21 Å². The normalized spacial score (nSPS) is 11.1. The van der Waals surface area contributed by atoms with Crippen molar-refractivity contribution in [2.75, 3.05) is 5.32 Å². The maximum Gasteiger partial charge on any atom is 0.221 e. The molecule has 0 aliphatic carbocycles. The summed E-state index contributed by atoms with van der Waals surface area (Å²) < 4.78 is 8.01. The van der Waals surface area contributed by atoms with Crippen LogP contribution in [0.1, 0.15) is 18.1 Å². The lowest BCUT2D eigenvalue weighted by atomic mass is 10.1. The number of aromatic nitrogens is 2. The number of anilines is 1. The number of carbonyl (C=O) groups excluding carboxylic acids is 1. The summed E-state index contributed by atoms with van der Waals surface area (Å²) in [7, 11) is 0. The Morgan fingerprint density at radius 1 is 0.939 bits per heavy atom. The standard InChI is InChI=1S/C27H24N4O2/c1-19(32)29-23-13-11-20(12-14-23)16-28-17-22-18-31(24-8-3-2-4-9-24)30-27(22)26-15-21-7-5-6-10-25(21)33-26/h2-15,18,28H,16-17H2,1H3,(H,29,32). The quantitative estimate of drug-likeness (QED) is 0.352. The fourth-order valence-electron chi connectivity index (χ4n) is 3.81. The SMILES string of the molecule is CC(=O)Nc1ccc(CNCc2cn(-c3ccccc3)nc2-c2cc3ccccc3o2)cc1. The molecule has 3 aromatic carbocycles. The molecule has 0 aliphatic heterocycles. The number of para-hydroxylation sites is 2. The van der Waals surface area contributed by atoms with E-state index in [9.17, 15) is 4.79 Å². The lowest BCUT2D eigenvalue weighted by Gasteiger charge is -2.06. The van der Waals surface area contributed by atoms with Crippen molar-refractivity contribution in [2.45, 2.75) is 20.0 Å². The molecule has 0 atom stereocenters. The summed E-state index contributed by atoms with van der Waals surface area (Å²) in [6, 6.07) is 27.9. The van der Waals surface area contributed by atoms with Gasteiger partial charge in [-0.3, -0.25) is 4.79 Å². The zero-order valence-electron chi connectivity index (χ0n) is 18.3. The molecule has 1 amide bonds. The van der Waals surface area contributed by atoms with Gasteiger partial charge in [-0.05, 0) is 42.0 Å². The molecule has 2 heterocycles. The Morgan fingerprint density at radius 2 is 1.70 bits per heavy atom. The minimum absolute atomic E-state index is 0.0746. The average molecular weight is 437 g/mol. The smallest absolute Gasteiger partial charge is 0.221 e. The topological polar surface area (TPSA) is 72.1 Å². The molecule has 33 heavy (non-hydrogen) atoms. The van der Waals surface area contributed by atoms with Crippen LogP contribution in [-0.2, 0) is 17.9 Å². The highest BCUT2D eigenvalue weighted by atomic mass is 16.3. The molecule has 0 saturated heterocycles. The molecule has 2 aromatic heterocycles. The molecule has 6 heteroatoms. The van der Waals surface area contributed by atoms with Gasteiger partial charge in [-0.1, -0.05) is 48.5 Å². The number of amides is 1. The summed E-state index contributed by atoms with van der Waals surface area (Å²) >= 11 is 0. The lowest BCUT2D eigenvalue weighted by molar-refractivity contribution is -0.114. The van der Waals surface area contributed by atoms with Crippen LogP contribution in [0, 0.1) is 0 Å². The second-order valence-corrected chi connectivity index (χ2v) is 7.91. The molecule has 2 N–H and O–H groups in total. The molecule has 0 unspecified atom stereocenters. The molecule has 5 aromatic rings. The molecule has 164 valence electrons. The van der Waals surface area contributed by atoms with Gasteiger partial charge in [-0.2, -0.15) is 5.10 Å². The predicted octanol–water partition coefficient (Wildman–Crippen LogP) is 5.53. The Balaban J connectivity index is 1.38. The van der Waals surface area contributed by atoms with Crippen molar-refractivity contribution in [1.29, 1.82) is 0 Å². The number of nitrogens with one attached hydrogen (secondary N) is 2. The number of benzene rings is 3. The maximum absolute atomic E-state index is 11.2. The molecule has 0 spiro atoms. The van der Waals surface area contributed by atoms with Crippen LogP contribution in [0.3, 0.4) is 0 Å². The zero-order chi connectivity index (χ0) is 22.6. The highest BCUT2D eigenvalue weighted by Crippen LogP contribution is 2.30. The number of hydrogen-bond donors (Lipinski definition) is 2. The fourth-order valence-corrected chi connectivity index (χ4v) is 3.81. The van der Waals surface area contributed by atoms with Crippen molar-refractivity contribution in [1.82, 2.24) is 15.1 Å². The number of hydrogen-bond acceptors (Lipinski definition) is 4. The van der Waals surface area contributed by atoms with E-state index in [1.54, 1.807) is 0 Å². The second kappa shape index (κ2) is 9.14. The summed E-state index contributed by atoms with van der Waals surface area (Å²) in [5.41, 5.74) is 5.64. The molecule has 6 nitrogen and oxygen atoms in total. The first kappa shape index (κ1) is 20.7. The molecule has 0 bridgehead atoms. The zero-order valence-corrected chi connectivity index (χ0v) is 18.3. The van der Waals surface area contributed by atoms with Crippen LogP contribution >= 0.6 is 0 Å². The third-order valence-corrected chi connectivity index (χ3v) is 5.39. The van der Waals surface area contributed by atoms with Crippen LogP contribution in [0.15, 0.2) is 95.5 Å². The number of carbonyl (C=O) groups is 1. The lowest BCUT2D eigenvalue weighted by Crippen LogP contribution is -2.13. The number of fused-ring (bicyclic) bond motifs is 1. The molecular formula is C27H24N4O2. The second-order valence-electron chi connectivity index (χ2n) is 7.91. The van der Waals surface area contributed by atoms with Gasteiger partial charge in [0.05, 0.1) is 5.69 Å². The van der Waals surface area contributed by atoms with E-state index < -0.39 is 0 Å². The summed E-state index contributed by atoms with van der Waals surface area (Å²) in [6.07, 6.45) is 2.05. The van der Waals surface area contributed by atoms with E-state index in [4.69, 9.17) is 9.52 Å². The first-order valence-electron chi connectivity index (χ1n) is 10.9. The van der Waals surface area contributed by atoms with E-state index in [1.165, 1.54) is 6.92 Å². The van der Waals surface area contributed by atoms with Gasteiger partial charge in [0.2, 0.25) is 5.91 Å². The van der Waals surface area contributed by atoms with Gasteiger partial charge in [0.1, 0.15) is 11.3 Å². The van der Waals surface area contributed by atoms with Crippen molar-refractivity contribution in [3.8, 4) is 17.1 Å². The van der Waals surface area contributed by atoms with Gasteiger partial charge in [0, 0.05) is 42.8 Å². The van der Waals surface area contributed by atoms with Gasteiger partial charge in [-0.25, -0.2) is 4.68 Å². The first-order valence-corrected chi connectivity index (χ1v) is 10.9. The van der Waals surface area contributed by atoms with E-state index in [-0.39, 0.29) is 5.91 Å². The maximum atomic E-state index is 11.2. The highest BCUT2D eigenvalue weighted by Gasteiger charge is 2.16. The third kappa shape index (κ3) is 4.71. The fraction of sp³-hybridized carbons (Fsp3) is 0.111. The molecule has 0 aliphatic rings. The van der Waals surface area contributed by atoms with Crippen LogP contribution < -0.4 is 10.6 Å². The monoisotopic (exact) mass is 436 g/mol. The van der Waals surface area contributed by atoms with Crippen molar-refractivity contribution >= 4 is 22.6 Å². The summed E-state index contributed by atoms with van der Waals surface area (Å²) in [4.78, 5) is 11.2. The Kier molecular flexibility index (Phi) is 5.74. The number of rotatable bonds is 7. The van der Waals surface area contributed by atoms with Gasteiger partial charge < -0.3 is 15.1 Å². The third-order valence-electron chi connectivity index (χ3n) is 5.39. The van der Waals surface area contributed by atoms with Gasteiger partial charge in [0.15, 0.2) is 5.76 Å². The summed E-state index contributed by atoms with van der Waals surface area (Å²) in [5, 5.41) is 12.2. The van der Waals surface area contributed by atoms with Crippen LogP contribution in [0.5, 0.6) is 0 Å². The van der Waals surface area contributed by atoms with E-state index >= 15 is 0 Å². The Labute approximate surface area is 191 Å². The van der Waals surface area contributed by atoms with Gasteiger partial charge >= 0.3 is 0 Å². The molecular weight excluding hydrogens is 412 g/mol. The number of nitrogens with zero attached hydrogens (tertiary/aromatic N) is 2. The van der Waals surface area contributed by atoms with Crippen LogP contribution in [0.2, 0.25) is 0 Å². The predicted molar refractivity (Wildman–Crippen MR) is 130 cm³/mol. The van der Waals surface area contributed by atoms with E-state index in [0.717, 1.165) is 44.9 Å².